The number of carbonyl (C=O) groups excluding carboxylic acids is 2. The molecular formula is C29H20BrNO7. The normalized spacial score (nSPS) is 10.9. The number of hydrogen-bond acceptors (Lipinski definition) is 7. The molecule has 5 aromatic rings. The number of methoxy groups -OCH3 is 2. The number of nitrogens with zero attached hydrogens (tertiary/aromatic N) is 1. The third-order valence-corrected chi connectivity index (χ3v) is 6.64. The SMILES string of the molecule is COC(=O)c1c(-c2c(O)c3ccccc3oc2=O)c(-c2ccccc2)n(-c2ccc(Br)cc2)c1C(=O)OC. The molecule has 0 radical (unpaired) electrons. The van der Waals surface area contributed by atoms with E-state index in [0.717, 1.165) is 11.6 Å². The Kier molecular flexibility index (Phi) is 6.61. The summed E-state index contributed by atoms with van der Waals surface area (Å²) in [4.78, 5) is 40.1. The van der Waals surface area contributed by atoms with Gasteiger partial charge < -0.3 is 23.6 Å². The number of esters is 2. The Bertz CT molecular complexity index is 1750. The topological polar surface area (TPSA) is 108 Å². The van der Waals surface area contributed by atoms with Crippen molar-refractivity contribution in [1.29, 1.82) is 0 Å². The third kappa shape index (κ3) is 4.06. The van der Waals surface area contributed by atoms with Gasteiger partial charge in [-0.3, -0.25) is 0 Å². The molecule has 8 nitrogen and oxygen atoms in total. The van der Waals surface area contributed by atoms with Gasteiger partial charge in [-0.1, -0.05) is 58.4 Å². The molecule has 190 valence electrons. The Morgan fingerprint density at radius 1 is 0.842 bits per heavy atom. The molecule has 0 amide bonds. The first-order chi connectivity index (χ1) is 18.4. The van der Waals surface area contributed by atoms with Crippen molar-refractivity contribution in [1.82, 2.24) is 4.57 Å². The minimum Gasteiger partial charge on any atom is -0.506 e. The van der Waals surface area contributed by atoms with Crippen LogP contribution in [0.3, 0.4) is 0 Å². The molecule has 0 spiro atoms. The molecule has 0 fully saturated rings. The summed E-state index contributed by atoms with van der Waals surface area (Å²) >= 11 is 3.41. The van der Waals surface area contributed by atoms with Crippen molar-refractivity contribution in [3.63, 3.8) is 0 Å². The predicted octanol–water partition coefficient (Wildman–Crippen LogP) is 5.96. The summed E-state index contributed by atoms with van der Waals surface area (Å²) in [6.45, 7) is 0. The molecule has 2 heterocycles. The van der Waals surface area contributed by atoms with Crippen LogP contribution in [0.4, 0.5) is 0 Å². The van der Waals surface area contributed by atoms with E-state index in [1.165, 1.54) is 11.7 Å². The van der Waals surface area contributed by atoms with Gasteiger partial charge in [0, 0.05) is 15.7 Å². The maximum atomic E-state index is 13.4. The van der Waals surface area contributed by atoms with Gasteiger partial charge in [-0.25, -0.2) is 14.4 Å². The lowest BCUT2D eigenvalue weighted by Crippen LogP contribution is -2.15. The van der Waals surface area contributed by atoms with Crippen LogP contribution in [0.15, 0.2) is 92.5 Å². The fourth-order valence-corrected chi connectivity index (χ4v) is 4.74. The fourth-order valence-electron chi connectivity index (χ4n) is 4.48. The van der Waals surface area contributed by atoms with Gasteiger partial charge in [0.25, 0.3) is 0 Å². The highest BCUT2D eigenvalue weighted by molar-refractivity contribution is 9.10. The first-order valence-electron chi connectivity index (χ1n) is 11.4. The van der Waals surface area contributed by atoms with E-state index in [4.69, 9.17) is 13.9 Å². The van der Waals surface area contributed by atoms with Gasteiger partial charge in [0.05, 0.1) is 25.3 Å². The number of hydrogen-bond donors (Lipinski definition) is 1. The van der Waals surface area contributed by atoms with E-state index in [0.29, 0.717) is 11.3 Å². The summed E-state index contributed by atoms with van der Waals surface area (Å²) in [5, 5.41) is 11.7. The lowest BCUT2D eigenvalue weighted by Gasteiger charge is -2.15. The molecule has 0 bridgehead atoms. The predicted molar refractivity (Wildman–Crippen MR) is 145 cm³/mol. The molecule has 38 heavy (non-hydrogen) atoms. The van der Waals surface area contributed by atoms with Gasteiger partial charge in [-0.15, -0.1) is 0 Å². The van der Waals surface area contributed by atoms with Gasteiger partial charge in [-0.05, 0) is 42.0 Å². The van der Waals surface area contributed by atoms with Crippen molar-refractivity contribution >= 4 is 38.8 Å². The number of ether oxygens (including phenoxy) is 2. The number of carbonyl (C=O) groups is 2. The number of aromatic hydroxyl groups is 1. The molecular weight excluding hydrogens is 554 g/mol. The molecule has 0 aliphatic carbocycles. The highest BCUT2D eigenvalue weighted by atomic mass is 79.9. The van der Waals surface area contributed by atoms with Crippen LogP contribution in [0.5, 0.6) is 5.75 Å². The van der Waals surface area contributed by atoms with E-state index in [1.807, 2.05) is 0 Å². The third-order valence-electron chi connectivity index (χ3n) is 6.11. The van der Waals surface area contributed by atoms with E-state index in [2.05, 4.69) is 15.9 Å². The van der Waals surface area contributed by atoms with E-state index in [1.54, 1.807) is 78.9 Å². The Balaban J connectivity index is 2.06. The van der Waals surface area contributed by atoms with Crippen molar-refractivity contribution in [3.05, 3.63) is 105 Å². The lowest BCUT2D eigenvalue weighted by molar-refractivity contribution is 0.0550. The summed E-state index contributed by atoms with van der Waals surface area (Å²) in [6.07, 6.45) is 0. The van der Waals surface area contributed by atoms with Gasteiger partial charge in [0.2, 0.25) is 0 Å². The van der Waals surface area contributed by atoms with Crippen LogP contribution < -0.4 is 5.63 Å². The Morgan fingerprint density at radius 2 is 1.47 bits per heavy atom. The quantitative estimate of drug-likeness (QED) is 0.204. The summed E-state index contributed by atoms with van der Waals surface area (Å²) < 4.78 is 18.0. The molecule has 1 N–H and O–H groups in total. The van der Waals surface area contributed by atoms with Gasteiger partial charge >= 0.3 is 17.6 Å². The molecule has 0 atom stereocenters. The standard InChI is InChI=1S/C29H20BrNO7/c1-36-27(33)22-21(23-26(32)19-10-6-7-11-20(19)38-28(23)34)24(16-8-4-3-5-9-16)31(25(22)29(35)37-2)18-14-12-17(30)13-15-18/h3-15,32H,1-2H3. The first-order valence-corrected chi connectivity index (χ1v) is 12.2. The number of aromatic nitrogens is 1. The number of halogens is 1. The largest absolute Gasteiger partial charge is 0.506 e. The average molecular weight is 574 g/mol. The van der Waals surface area contributed by atoms with Crippen LogP contribution in [0.1, 0.15) is 20.8 Å². The molecule has 0 saturated heterocycles. The number of fused-ring (bicyclic) bond motifs is 1. The number of rotatable bonds is 5. The molecule has 2 aromatic heterocycles. The monoisotopic (exact) mass is 573 g/mol. The molecule has 0 saturated carbocycles. The molecule has 5 rings (SSSR count). The van der Waals surface area contributed by atoms with E-state index >= 15 is 0 Å². The lowest BCUT2D eigenvalue weighted by atomic mass is 9.96. The van der Waals surface area contributed by atoms with E-state index < -0.39 is 23.3 Å². The van der Waals surface area contributed by atoms with Crippen molar-refractivity contribution in [2.24, 2.45) is 0 Å². The van der Waals surface area contributed by atoms with Crippen molar-refractivity contribution in [3.8, 4) is 33.8 Å². The van der Waals surface area contributed by atoms with Crippen LogP contribution in [0, 0.1) is 0 Å². The minimum atomic E-state index is -0.902. The summed E-state index contributed by atoms with van der Waals surface area (Å²) in [5.74, 6) is -2.15. The molecule has 0 aliphatic rings. The highest BCUT2D eigenvalue weighted by Gasteiger charge is 2.37. The van der Waals surface area contributed by atoms with Gasteiger partial charge in [0.1, 0.15) is 28.2 Å². The van der Waals surface area contributed by atoms with Crippen molar-refractivity contribution < 1.29 is 28.6 Å². The minimum absolute atomic E-state index is 0.0247. The van der Waals surface area contributed by atoms with Crippen LogP contribution in [-0.2, 0) is 9.47 Å². The molecule has 9 heteroatoms. The van der Waals surface area contributed by atoms with Crippen LogP contribution >= 0.6 is 15.9 Å². The second-order valence-corrected chi connectivity index (χ2v) is 9.13. The number of benzene rings is 3. The molecule has 0 aliphatic heterocycles. The zero-order chi connectivity index (χ0) is 27.0. The second kappa shape index (κ2) is 10.0. The Hall–Kier alpha value is -4.63. The van der Waals surface area contributed by atoms with Crippen molar-refractivity contribution in [2.45, 2.75) is 0 Å². The number of para-hydroxylation sites is 1. The van der Waals surface area contributed by atoms with Gasteiger partial charge in [0.15, 0.2) is 0 Å². The Labute approximate surface area is 224 Å². The van der Waals surface area contributed by atoms with Crippen LogP contribution in [-0.4, -0.2) is 35.8 Å². The fraction of sp³-hybridized carbons (Fsp3) is 0.0690. The molecule has 3 aromatic carbocycles. The van der Waals surface area contributed by atoms with Crippen LogP contribution in [0.2, 0.25) is 0 Å². The smallest absolute Gasteiger partial charge is 0.355 e. The van der Waals surface area contributed by atoms with E-state index in [9.17, 15) is 19.5 Å². The average Bonchev–Trinajstić information content (AvgIpc) is 3.28. The second-order valence-electron chi connectivity index (χ2n) is 8.22. The molecule has 0 unspecified atom stereocenters. The Morgan fingerprint density at radius 3 is 2.13 bits per heavy atom. The maximum absolute atomic E-state index is 13.4. The van der Waals surface area contributed by atoms with Crippen LogP contribution in [0.25, 0.3) is 39.0 Å². The van der Waals surface area contributed by atoms with Gasteiger partial charge in [-0.2, -0.15) is 0 Å². The summed E-state index contributed by atoms with van der Waals surface area (Å²) in [6, 6.07) is 22.4. The zero-order valence-corrected chi connectivity index (χ0v) is 21.8. The highest BCUT2D eigenvalue weighted by Crippen LogP contribution is 2.45. The summed E-state index contributed by atoms with van der Waals surface area (Å²) in [7, 11) is 2.35. The zero-order valence-electron chi connectivity index (χ0n) is 20.2. The maximum Gasteiger partial charge on any atom is 0.355 e. The van der Waals surface area contributed by atoms with E-state index in [-0.39, 0.29) is 39.0 Å². The summed E-state index contributed by atoms with van der Waals surface area (Å²) in [5.41, 5.74) is -0.139. The van der Waals surface area contributed by atoms with Crippen molar-refractivity contribution in [2.75, 3.05) is 14.2 Å². The first kappa shape index (κ1) is 25.0.